The van der Waals surface area contributed by atoms with Gasteiger partial charge in [-0.25, -0.2) is 0 Å². The number of rotatable bonds is 5. The lowest BCUT2D eigenvalue weighted by molar-refractivity contribution is -0.118. The highest BCUT2D eigenvalue weighted by Gasteiger charge is 2.34. The summed E-state index contributed by atoms with van der Waals surface area (Å²) >= 11 is 1.41. The summed E-state index contributed by atoms with van der Waals surface area (Å²) in [5.74, 6) is 1.84. The Bertz CT molecular complexity index is 931. The first-order valence-corrected chi connectivity index (χ1v) is 9.49. The molecule has 4 rings (SSSR count). The van der Waals surface area contributed by atoms with Gasteiger partial charge >= 0.3 is 0 Å². The van der Waals surface area contributed by atoms with Crippen molar-refractivity contribution in [3.63, 3.8) is 0 Å². The number of nitrogens with one attached hydrogen (secondary N) is 1. The summed E-state index contributed by atoms with van der Waals surface area (Å²) < 4.78 is 7.37. The molecule has 1 aliphatic rings. The highest BCUT2D eigenvalue weighted by Crippen LogP contribution is 2.39. The second-order valence-electron chi connectivity index (χ2n) is 6.93. The van der Waals surface area contributed by atoms with E-state index in [0.717, 1.165) is 28.7 Å². The highest BCUT2D eigenvalue weighted by molar-refractivity contribution is 7.99. The monoisotopic (exact) mass is 368 g/mol. The largest absolute Gasteiger partial charge is 0.467 e. The van der Waals surface area contributed by atoms with Crippen LogP contribution in [0.1, 0.15) is 25.2 Å². The van der Waals surface area contributed by atoms with Gasteiger partial charge in [-0.05, 0) is 38.0 Å². The minimum absolute atomic E-state index is 0.0576. The second kappa shape index (κ2) is 6.64. The molecule has 0 atom stereocenters. The maximum Gasteiger partial charge on any atom is 0.230 e. The van der Waals surface area contributed by atoms with Gasteiger partial charge in [0.15, 0.2) is 11.0 Å². The number of amides is 1. The molecule has 0 radical (unpaired) electrons. The van der Waals surface area contributed by atoms with Crippen LogP contribution in [-0.4, -0.2) is 26.4 Å². The number of thioether (sulfide) groups is 1. The van der Waals surface area contributed by atoms with E-state index in [4.69, 9.17) is 4.42 Å². The predicted molar refractivity (Wildman–Crippen MR) is 99.8 cm³/mol. The summed E-state index contributed by atoms with van der Waals surface area (Å²) in [7, 11) is 0. The number of aromatic nitrogens is 3. The summed E-state index contributed by atoms with van der Waals surface area (Å²) in [4.78, 5) is 12.1. The first-order valence-electron chi connectivity index (χ1n) is 8.51. The Balaban J connectivity index is 1.49. The fourth-order valence-corrected chi connectivity index (χ4v) is 4.22. The van der Waals surface area contributed by atoms with Crippen LogP contribution in [0.25, 0.3) is 11.4 Å². The molecule has 3 heterocycles. The van der Waals surface area contributed by atoms with Gasteiger partial charge in [-0.15, -0.1) is 10.2 Å². The zero-order valence-electron chi connectivity index (χ0n) is 14.7. The molecule has 6 nitrogen and oxygen atoms in total. The summed E-state index contributed by atoms with van der Waals surface area (Å²) in [6.07, 6.45) is 2.51. The molecule has 1 N–H and O–H groups in total. The van der Waals surface area contributed by atoms with Gasteiger partial charge in [0.1, 0.15) is 5.76 Å². The molecular weight excluding hydrogens is 348 g/mol. The first kappa shape index (κ1) is 16.9. The molecule has 0 fully saturated rings. The highest BCUT2D eigenvalue weighted by atomic mass is 32.2. The lowest BCUT2D eigenvalue weighted by Crippen LogP contribution is -2.34. The summed E-state index contributed by atoms with van der Waals surface area (Å²) in [6, 6.07) is 11.9. The number of hydrogen-bond donors (Lipinski definition) is 1. The van der Waals surface area contributed by atoms with Gasteiger partial charge in [-0.1, -0.05) is 36.0 Å². The third kappa shape index (κ3) is 3.14. The molecule has 0 saturated heterocycles. The SMILES string of the molecule is CC1(C)Cc2ccccc2-c2nnc(SCC(=O)NCc3ccco3)n21. The van der Waals surface area contributed by atoms with Crippen molar-refractivity contribution in [2.45, 2.75) is 37.5 Å². The van der Waals surface area contributed by atoms with E-state index in [2.05, 4.69) is 52.1 Å². The van der Waals surface area contributed by atoms with E-state index < -0.39 is 0 Å². The molecule has 1 aliphatic heterocycles. The summed E-state index contributed by atoms with van der Waals surface area (Å²) in [5.41, 5.74) is 2.26. The molecule has 0 spiro atoms. The minimum atomic E-state index is -0.139. The number of carbonyl (C=O) groups excluding carboxylic acids is 1. The first-order chi connectivity index (χ1) is 12.5. The number of fused-ring (bicyclic) bond motifs is 3. The van der Waals surface area contributed by atoms with Gasteiger partial charge < -0.3 is 9.73 Å². The lowest BCUT2D eigenvalue weighted by Gasteiger charge is -2.34. The van der Waals surface area contributed by atoms with Crippen molar-refractivity contribution < 1.29 is 9.21 Å². The lowest BCUT2D eigenvalue weighted by atomic mass is 9.87. The van der Waals surface area contributed by atoms with Crippen molar-refractivity contribution in [2.75, 3.05) is 5.75 Å². The van der Waals surface area contributed by atoms with Gasteiger partial charge in [-0.2, -0.15) is 0 Å². The molecule has 0 aliphatic carbocycles. The zero-order chi connectivity index (χ0) is 18.1. The van der Waals surface area contributed by atoms with Crippen LogP contribution in [0.2, 0.25) is 0 Å². The Morgan fingerprint density at radius 1 is 1.27 bits per heavy atom. The number of hydrogen-bond acceptors (Lipinski definition) is 5. The molecule has 1 aromatic carbocycles. The van der Waals surface area contributed by atoms with Crippen molar-refractivity contribution in [3.8, 4) is 11.4 Å². The molecule has 2 aromatic heterocycles. The Hall–Kier alpha value is -2.54. The van der Waals surface area contributed by atoms with Crippen LogP contribution in [0, 0.1) is 0 Å². The average molecular weight is 368 g/mol. The average Bonchev–Trinajstić information content (AvgIpc) is 3.28. The van der Waals surface area contributed by atoms with E-state index in [9.17, 15) is 4.79 Å². The van der Waals surface area contributed by atoms with Crippen molar-refractivity contribution in [1.82, 2.24) is 20.1 Å². The standard InChI is InChI=1S/C19H20N4O2S/c1-19(2)10-13-6-3-4-8-15(13)17-21-22-18(23(17)19)26-12-16(24)20-11-14-7-5-9-25-14/h3-9H,10-12H2,1-2H3,(H,20,24). The van der Waals surface area contributed by atoms with E-state index in [1.54, 1.807) is 12.3 Å². The maximum atomic E-state index is 12.1. The van der Waals surface area contributed by atoms with E-state index in [0.29, 0.717) is 6.54 Å². The summed E-state index contributed by atoms with van der Waals surface area (Å²) in [6.45, 7) is 4.75. The normalized spacial score (nSPS) is 14.5. The smallest absolute Gasteiger partial charge is 0.230 e. The van der Waals surface area contributed by atoms with Crippen molar-refractivity contribution in [2.24, 2.45) is 0 Å². The fraction of sp³-hybridized carbons (Fsp3) is 0.316. The number of furan rings is 1. The van der Waals surface area contributed by atoms with Crippen molar-refractivity contribution in [1.29, 1.82) is 0 Å². The fourth-order valence-electron chi connectivity index (χ4n) is 3.30. The Morgan fingerprint density at radius 2 is 2.12 bits per heavy atom. The number of nitrogens with zero attached hydrogens (tertiary/aromatic N) is 3. The second-order valence-corrected chi connectivity index (χ2v) is 7.88. The summed E-state index contributed by atoms with van der Waals surface area (Å²) in [5, 5.41) is 12.4. The molecule has 7 heteroatoms. The molecule has 0 saturated carbocycles. The van der Waals surface area contributed by atoms with Crippen LogP contribution in [-0.2, 0) is 23.3 Å². The van der Waals surface area contributed by atoms with E-state index in [1.807, 2.05) is 12.1 Å². The van der Waals surface area contributed by atoms with E-state index >= 15 is 0 Å². The van der Waals surface area contributed by atoms with Crippen molar-refractivity contribution >= 4 is 17.7 Å². The predicted octanol–water partition coefficient (Wildman–Crippen LogP) is 3.24. The van der Waals surface area contributed by atoms with Gasteiger partial charge in [0.05, 0.1) is 18.6 Å². The van der Waals surface area contributed by atoms with Gasteiger partial charge in [0.25, 0.3) is 0 Å². The molecule has 3 aromatic rings. The minimum Gasteiger partial charge on any atom is -0.467 e. The number of carbonyl (C=O) groups is 1. The Morgan fingerprint density at radius 3 is 2.92 bits per heavy atom. The molecule has 0 unspecified atom stereocenters. The van der Waals surface area contributed by atoms with Crippen LogP contribution in [0.5, 0.6) is 0 Å². The number of benzene rings is 1. The van der Waals surface area contributed by atoms with Gasteiger partial charge in [0.2, 0.25) is 5.91 Å². The van der Waals surface area contributed by atoms with Crippen LogP contribution in [0.3, 0.4) is 0 Å². The van der Waals surface area contributed by atoms with Crippen LogP contribution in [0.4, 0.5) is 0 Å². The van der Waals surface area contributed by atoms with E-state index in [-0.39, 0.29) is 17.2 Å². The molecule has 1 amide bonds. The third-order valence-corrected chi connectivity index (χ3v) is 5.42. The topological polar surface area (TPSA) is 73.0 Å². The van der Waals surface area contributed by atoms with Crippen molar-refractivity contribution in [3.05, 3.63) is 54.0 Å². The van der Waals surface area contributed by atoms with E-state index in [1.165, 1.54) is 17.3 Å². The molecule has 26 heavy (non-hydrogen) atoms. The third-order valence-electron chi connectivity index (χ3n) is 4.49. The van der Waals surface area contributed by atoms with Gasteiger partial charge in [0, 0.05) is 11.1 Å². The maximum absolute atomic E-state index is 12.1. The van der Waals surface area contributed by atoms with Crippen LogP contribution >= 0.6 is 11.8 Å². The zero-order valence-corrected chi connectivity index (χ0v) is 15.5. The molecule has 0 bridgehead atoms. The molecular formula is C19H20N4O2S. The van der Waals surface area contributed by atoms with Gasteiger partial charge in [-0.3, -0.25) is 9.36 Å². The Labute approximate surface area is 156 Å². The van der Waals surface area contributed by atoms with Crippen LogP contribution < -0.4 is 5.32 Å². The Kier molecular flexibility index (Phi) is 4.32. The van der Waals surface area contributed by atoms with Crippen LogP contribution in [0.15, 0.2) is 52.2 Å². The quantitative estimate of drug-likeness (QED) is 0.700. The molecule has 134 valence electrons.